The van der Waals surface area contributed by atoms with E-state index < -0.39 is 50.4 Å². The van der Waals surface area contributed by atoms with Crippen molar-refractivity contribution < 1.29 is 38.1 Å². The molecule has 2 aromatic heterocycles. The molecule has 1 aliphatic carbocycles. The monoisotopic (exact) mass is 611 g/mol. The molecule has 0 spiro atoms. The van der Waals surface area contributed by atoms with E-state index in [1.807, 2.05) is 0 Å². The molecular weight excluding hydrogens is 581 g/mol. The van der Waals surface area contributed by atoms with Gasteiger partial charge in [0.05, 0.1) is 20.0 Å². The number of benzene rings is 1. The van der Waals surface area contributed by atoms with Gasteiger partial charge in [0.25, 0.3) is 0 Å². The minimum atomic E-state index is -4.27. The molecule has 1 saturated heterocycles. The number of nitrogens with two attached hydrogens (primary N) is 1. The summed E-state index contributed by atoms with van der Waals surface area (Å²) in [6.45, 7) is 2.31. The summed E-state index contributed by atoms with van der Waals surface area (Å²) in [4.78, 5) is 25.0. The minimum absolute atomic E-state index is 0.139. The number of hydrogen-bond donors (Lipinski definition) is 4. The van der Waals surface area contributed by atoms with Gasteiger partial charge in [-0.15, -0.1) is 0 Å². The van der Waals surface area contributed by atoms with E-state index in [2.05, 4.69) is 20.0 Å². The lowest BCUT2D eigenvalue weighted by Crippen LogP contribution is -2.44. The highest BCUT2D eigenvalue weighted by molar-refractivity contribution is 7.52. The summed E-state index contributed by atoms with van der Waals surface area (Å²) in [5.74, 6) is 6.07. The summed E-state index contributed by atoms with van der Waals surface area (Å²) >= 11 is 5.93. The fourth-order valence-corrected chi connectivity index (χ4v) is 6.09. The van der Waals surface area contributed by atoms with E-state index in [-0.39, 0.29) is 11.8 Å². The molecule has 3 aromatic rings. The first kappa shape index (κ1) is 29.6. The number of aliphatic hydroxyl groups excluding tert-OH is 1. The van der Waals surface area contributed by atoms with Crippen LogP contribution in [0.5, 0.6) is 5.75 Å². The lowest BCUT2D eigenvalue weighted by Gasteiger charge is -2.27. The smallest absolute Gasteiger partial charge is 0.459 e. The maximum Gasteiger partial charge on any atom is 0.459 e. The van der Waals surface area contributed by atoms with Crippen LogP contribution in [-0.2, 0) is 23.4 Å². The van der Waals surface area contributed by atoms with Crippen molar-refractivity contribution in [2.45, 2.75) is 62.8 Å². The summed E-state index contributed by atoms with van der Waals surface area (Å²) in [6.07, 6.45) is 0.787. The SMILES string of the molecule is COC(=O)C(C)NP(=O)(OCC1OC(n2cnc3c(N(N)C4CC4)ncnc32)[C@](C)(O)[C@@H]1O)Oc1ccc(Cl)cc1. The van der Waals surface area contributed by atoms with E-state index >= 15 is 0 Å². The number of ether oxygens (including phenoxy) is 2. The van der Waals surface area contributed by atoms with E-state index in [0.29, 0.717) is 22.0 Å². The van der Waals surface area contributed by atoms with Crippen molar-refractivity contribution in [1.82, 2.24) is 24.6 Å². The molecule has 17 heteroatoms. The molecule has 5 rings (SSSR count). The first-order chi connectivity index (χ1) is 19.4. The van der Waals surface area contributed by atoms with Crippen molar-refractivity contribution in [2.75, 3.05) is 18.7 Å². The van der Waals surface area contributed by atoms with Crippen molar-refractivity contribution >= 4 is 42.3 Å². The quantitative estimate of drug-likeness (QED) is 0.106. The van der Waals surface area contributed by atoms with Crippen molar-refractivity contribution in [3.8, 4) is 5.75 Å². The van der Waals surface area contributed by atoms with E-state index in [9.17, 15) is 19.6 Å². The number of carbonyl (C=O) groups excluding carboxylic acids is 1. The highest BCUT2D eigenvalue weighted by Gasteiger charge is 2.54. The number of rotatable bonds is 11. The van der Waals surface area contributed by atoms with Crippen LogP contribution >= 0.6 is 19.3 Å². The first-order valence-electron chi connectivity index (χ1n) is 12.8. The highest BCUT2D eigenvalue weighted by atomic mass is 35.5. The minimum Gasteiger partial charge on any atom is -0.468 e. The van der Waals surface area contributed by atoms with Crippen LogP contribution in [0, 0.1) is 0 Å². The third kappa shape index (κ3) is 6.03. The summed E-state index contributed by atoms with van der Waals surface area (Å²) in [5, 5.41) is 26.8. The average molecular weight is 612 g/mol. The van der Waals surface area contributed by atoms with Crippen LogP contribution in [0.3, 0.4) is 0 Å². The Bertz CT molecular complexity index is 1450. The molecule has 1 aromatic carbocycles. The van der Waals surface area contributed by atoms with E-state index in [0.717, 1.165) is 12.8 Å². The number of hydrazine groups is 1. The molecule has 0 radical (unpaired) electrons. The van der Waals surface area contributed by atoms with Gasteiger partial charge in [-0.3, -0.25) is 18.9 Å². The standard InChI is InChI=1S/C24H31ClN7O8P/c1-13(22(34)37-3)30-41(36,40-16-8-4-14(25)5-9-16)38-10-17-19(33)24(2,35)23(39-17)31-12-29-18-20(31)27-11-28-21(18)32(26)15-6-7-15/h4-5,8-9,11-13,15,17,19,23,33,35H,6-7,10,26H2,1-3H3,(H,30,36)/t13?,17?,19-,23?,24-,41?/m1/s1. The third-order valence-corrected chi connectivity index (χ3v) is 8.78. The number of nitrogens with zero attached hydrogens (tertiary/aromatic N) is 5. The second-order valence-electron chi connectivity index (χ2n) is 10.1. The Morgan fingerprint density at radius 2 is 2.05 bits per heavy atom. The van der Waals surface area contributed by atoms with Crippen molar-refractivity contribution in [3.63, 3.8) is 0 Å². The van der Waals surface area contributed by atoms with Crippen molar-refractivity contribution in [1.29, 1.82) is 0 Å². The van der Waals surface area contributed by atoms with Crippen LogP contribution in [0.15, 0.2) is 36.9 Å². The maximum absolute atomic E-state index is 13.7. The summed E-state index contributed by atoms with van der Waals surface area (Å²) in [6, 6.07) is 5.07. The molecule has 41 heavy (non-hydrogen) atoms. The van der Waals surface area contributed by atoms with Gasteiger partial charge in [0.2, 0.25) is 0 Å². The van der Waals surface area contributed by atoms with Gasteiger partial charge in [0, 0.05) is 11.1 Å². The Hall–Kier alpha value is -2.88. The predicted octanol–water partition coefficient (Wildman–Crippen LogP) is 1.69. The normalized spacial score (nSPS) is 26.5. The number of aliphatic hydroxyl groups is 2. The molecule has 2 fully saturated rings. The van der Waals surface area contributed by atoms with Crippen molar-refractivity contribution in [2.24, 2.45) is 5.84 Å². The zero-order valence-electron chi connectivity index (χ0n) is 22.5. The maximum atomic E-state index is 13.7. The fraction of sp³-hybridized carbons (Fsp3) is 0.500. The number of fused-ring (bicyclic) bond motifs is 1. The number of halogens is 1. The number of methoxy groups -OCH3 is 1. The Morgan fingerprint density at radius 3 is 2.71 bits per heavy atom. The topological polar surface area (TPSA) is 196 Å². The molecule has 1 aliphatic heterocycles. The second-order valence-corrected chi connectivity index (χ2v) is 12.2. The Kier molecular flexibility index (Phi) is 8.25. The number of carbonyl (C=O) groups is 1. The first-order valence-corrected chi connectivity index (χ1v) is 14.7. The molecule has 2 aliphatic rings. The van der Waals surface area contributed by atoms with Gasteiger partial charge in [-0.25, -0.2) is 25.4 Å². The molecule has 15 nitrogen and oxygen atoms in total. The Balaban J connectivity index is 1.36. The fourth-order valence-electron chi connectivity index (χ4n) is 4.47. The molecular formula is C24H31ClN7O8P. The van der Waals surface area contributed by atoms with E-state index in [1.165, 1.54) is 62.4 Å². The van der Waals surface area contributed by atoms with Crippen LogP contribution in [0.4, 0.5) is 5.82 Å². The molecule has 222 valence electrons. The summed E-state index contributed by atoms with van der Waals surface area (Å²) in [7, 11) is -3.08. The summed E-state index contributed by atoms with van der Waals surface area (Å²) in [5.41, 5.74) is -1.12. The Morgan fingerprint density at radius 1 is 1.34 bits per heavy atom. The summed E-state index contributed by atoms with van der Waals surface area (Å²) < 4.78 is 37.1. The van der Waals surface area contributed by atoms with Crippen LogP contribution in [0.2, 0.25) is 5.02 Å². The van der Waals surface area contributed by atoms with Crippen LogP contribution in [-0.4, -0.2) is 79.3 Å². The van der Waals surface area contributed by atoms with Crippen molar-refractivity contribution in [3.05, 3.63) is 41.9 Å². The number of esters is 1. The number of aromatic nitrogens is 4. The largest absolute Gasteiger partial charge is 0.468 e. The lowest BCUT2D eigenvalue weighted by molar-refractivity contribution is -0.142. The van der Waals surface area contributed by atoms with Crippen LogP contribution < -0.4 is 20.5 Å². The van der Waals surface area contributed by atoms with Gasteiger partial charge in [0.1, 0.15) is 35.9 Å². The average Bonchev–Trinajstić information content (AvgIpc) is 3.67. The predicted molar refractivity (Wildman–Crippen MR) is 146 cm³/mol. The van der Waals surface area contributed by atoms with Gasteiger partial charge in [-0.05, 0) is 51.0 Å². The van der Waals surface area contributed by atoms with Crippen LogP contribution in [0.25, 0.3) is 11.2 Å². The lowest BCUT2D eigenvalue weighted by atomic mass is 9.96. The zero-order chi connectivity index (χ0) is 29.5. The van der Waals surface area contributed by atoms with Gasteiger partial charge in [0.15, 0.2) is 23.2 Å². The number of hydrogen-bond acceptors (Lipinski definition) is 13. The zero-order valence-corrected chi connectivity index (χ0v) is 24.1. The molecule has 1 saturated carbocycles. The van der Waals surface area contributed by atoms with Gasteiger partial charge < -0.3 is 24.2 Å². The van der Waals surface area contributed by atoms with E-state index in [1.54, 1.807) is 5.01 Å². The molecule has 0 amide bonds. The second kappa shape index (κ2) is 11.4. The number of imidazole rings is 1. The molecule has 0 bridgehead atoms. The number of nitrogens with one attached hydrogen (secondary N) is 1. The molecule has 4 unspecified atom stereocenters. The Labute approximate surface area is 240 Å². The highest BCUT2D eigenvalue weighted by Crippen LogP contribution is 2.47. The molecule has 3 heterocycles. The van der Waals surface area contributed by atoms with Gasteiger partial charge >= 0.3 is 13.7 Å². The molecule has 6 atom stereocenters. The third-order valence-electron chi connectivity index (χ3n) is 6.89. The van der Waals surface area contributed by atoms with Crippen LogP contribution in [0.1, 0.15) is 32.9 Å². The molecule has 5 N–H and O–H groups in total. The van der Waals surface area contributed by atoms with Gasteiger partial charge in [-0.1, -0.05) is 11.6 Å². The number of anilines is 1. The van der Waals surface area contributed by atoms with E-state index in [4.69, 9.17) is 36.0 Å². The van der Waals surface area contributed by atoms with Gasteiger partial charge in [-0.2, -0.15) is 5.09 Å².